The molecule has 4 rings (SSSR count). The van der Waals surface area contributed by atoms with E-state index in [-0.39, 0.29) is 17.9 Å². The van der Waals surface area contributed by atoms with E-state index in [0.29, 0.717) is 34.9 Å². The molecule has 3 aromatic rings. The summed E-state index contributed by atoms with van der Waals surface area (Å²) in [6, 6.07) is 9.05. The first kappa shape index (κ1) is 19.8. The summed E-state index contributed by atoms with van der Waals surface area (Å²) < 4.78 is 1.69. The van der Waals surface area contributed by atoms with Gasteiger partial charge < -0.3 is 10.2 Å². The zero-order valence-electron chi connectivity index (χ0n) is 17.3. The number of carbonyl (C=O) groups excluding carboxylic acids is 2. The number of aromatic nitrogens is 4. The average Bonchev–Trinajstić information content (AvgIpc) is 3.35. The first-order valence-corrected chi connectivity index (χ1v) is 9.95. The van der Waals surface area contributed by atoms with Gasteiger partial charge in [-0.1, -0.05) is 18.2 Å². The highest BCUT2D eigenvalue weighted by molar-refractivity contribution is 6.04. The zero-order valence-corrected chi connectivity index (χ0v) is 17.3. The number of aryl methyl sites for hydroxylation is 2. The Morgan fingerprint density at radius 1 is 1.10 bits per heavy atom. The number of carbonyl (C=O) groups is 2. The number of hydrogen-bond acceptors (Lipinski definition) is 5. The molecule has 1 aliphatic rings. The van der Waals surface area contributed by atoms with Crippen LogP contribution < -0.4 is 5.32 Å². The number of likely N-dealkylation sites (tertiary alicyclic amines) is 1. The van der Waals surface area contributed by atoms with Crippen molar-refractivity contribution < 1.29 is 9.59 Å². The lowest BCUT2D eigenvalue weighted by molar-refractivity contribution is 0.0728. The monoisotopic (exact) mass is 404 g/mol. The number of anilines is 1. The average molecular weight is 404 g/mol. The van der Waals surface area contributed by atoms with Crippen molar-refractivity contribution in [1.82, 2.24) is 24.6 Å². The Hall–Kier alpha value is -3.55. The van der Waals surface area contributed by atoms with Gasteiger partial charge in [-0.3, -0.25) is 14.3 Å². The molecule has 1 aliphatic heterocycles. The van der Waals surface area contributed by atoms with Crippen LogP contribution >= 0.6 is 0 Å². The summed E-state index contributed by atoms with van der Waals surface area (Å²) in [5, 5.41) is 7.03. The maximum atomic E-state index is 13.1. The number of hydrogen-bond donors (Lipinski definition) is 1. The van der Waals surface area contributed by atoms with Gasteiger partial charge in [0.2, 0.25) is 0 Å². The Bertz CT molecular complexity index is 1090. The van der Waals surface area contributed by atoms with Crippen LogP contribution in [-0.2, 0) is 7.05 Å². The van der Waals surface area contributed by atoms with Gasteiger partial charge in [-0.2, -0.15) is 5.10 Å². The number of benzene rings is 1. The molecular formula is C22H24N6O2. The van der Waals surface area contributed by atoms with Crippen molar-refractivity contribution in [3.05, 3.63) is 71.1 Å². The number of nitrogens with zero attached hydrogens (tertiary/aromatic N) is 5. The Morgan fingerprint density at radius 3 is 2.53 bits per heavy atom. The van der Waals surface area contributed by atoms with Gasteiger partial charge in [0.05, 0.1) is 29.1 Å². The summed E-state index contributed by atoms with van der Waals surface area (Å²) in [5.74, 6) is 0.252. The predicted octanol–water partition coefficient (Wildman–Crippen LogP) is 3.06. The van der Waals surface area contributed by atoms with Crippen LogP contribution in [0.2, 0.25) is 0 Å². The van der Waals surface area contributed by atoms with Gasteiger partial charge in [0, 0.05) is 31.2 Å². The molecule has 3 heterocycles. The maximum absolute atomic E-state index is 13.1. The van der Waals surface area contributed by atoms with E-state index in [2.05, 4.69) is 20.4 Å². The number of nitrogens with one attached hydrogen (secondary N) is 1. The van der Waals surface area contributed by atoms with Crippen LogP contribution in [0.25, 0.3) is 0 Å². The molecule has 0 bridgehead atoms. The number of rotatable bonds is 4. The molecule has 0 unspecified atom stereocenters. The first-order chi connectivity index (χ1) is 14.5. The van der Waals surface area contributed by atoms with E-state index in [0.717, 1.165) is 18.5 Å². The maximum Gasteiger partial charge on any atom is 0.259 e. The van der Waals surface area contributed by atoms with Crippen LogP contribution in [0.5, 0.6) is 0 Å². The van der Waals surface area contributed by atoms with E-state index in [1.807, 2.05) is 49.2 Å². The van der Waals surface area contributed by atoms with Gasteiger partial charge in [0.15, 0.2) is 5.82 Å². The summed E-state index contributed by atoms with van der Waals surface area (Å²) >= 11 is 0. The minimum Gasteiger partial charge on any atom is -0.328 e. The highest BCUT2D eigenvalue weighted by Crippen LogP contribution is 2.32. The van der Waals surface area contributed by atoms with Crippen LogP contribution in [0, 0.1) is 13.8 Å². The molecule has 1 fully saturated rings. The standard InChI is InChI=1S/C22H24N6O2/c1-14-17(21(29)26-16-8-5-4-6-9-16)12-23-20(25-14)19-10-7-11-28(19)22(30)18-13-24-27(3)15(18)2/h4-6,8-9,12-13,19H,7,10-11H2,1-3H3,(H,26,29)/t19-/m0/s1. The fourth-order valence-electron chi connectivity index (χ4n) is 3.73. The van der Waals surface area contributed by atoms with Crippen molar-refractivity contribution in [2.24, 2.45) is 7.05 Å². The SMILES string of the molecule is Cc1nc([C@@H]2CCCN2C(=O)c2cnn(C)c2C)ncc1C(=O)Nc1ccccc1. The minimum atomic E-state index is -0.254. The van der Waals surface area contributed by atoms with Crippen molar-refractivity contribution in [2.75, 3.05) is 11.9 Å². The quantitative estimate of drug-likeness (QED) is 0.721. The first-order valence-electron chi connectivity index (χ1n) is 9.95. The highest BCUT2D eigenvalue weighted by atomic mass is 16.2. The summed E-state index contributed by atoms with van der Waals surface area (Å²) in [6.07, 6.45) is 4.83. The van der Waals surface area contributed by atoms with E-state index in [1.165, 1.54) is 0 Å². The summed E-state index contributed by atoms with van der Waals surface area (Å²) in [4.78, 5) is 36.5. The Morgan fingerprint density at radius 2 is 1.87 bits per heavy atom. The van der Waals surface area contributed by atoms with E-state index in [9.17, 15) is 9.59 Å². The van der Waals surface area contributed by atoms with Gasteiger partial charge in [0.25, 0.3) is 11.8 Å². The van der Waals surface area contributed by atoms with Crippen LogP contribution in [0.15, 0.2) is 42.7 Å². The smallest absolute Gasteiger partial charge is 0.259 e. The summed E-state index contributed by atoms with van der Waals surface area (Å²) in [7, 11) is 1.82. The molecule has 0 spiro atoms. The molecule has 0 aliphatic carbocycles. The van der Waals surface area contributed by atoms with Crippen LogP contribution in [0.1, 0.15) is 56.8 Å². The predicted molar refractivity (Wildman–Crippen MR) is 112 cm³/mol. The van der Waals surface area contributed by atoms with E-state index in [1.54, 1.807) is 24.0 Å². The fourth-order valence-corrected chi connectivity index (χ4v) is 3.73. The molecule has 0 saturated carbocycles. The molecule has 154 valence electrons. The molecule has 1 N–H and O–H groups in total. The molecule has 8 nitrogen and oxygen atoms in total. The molecule has 1 saturated heterocycles. The van der Waals surface area contributed by atoms with Crippen molar-refractivity contribution in [3.63, 3.8) is 0 Å². The van der Waals surface area contributed by atoms with Crippen LogP contribution in [-0.4, -0.2) is 43.0 Å². The van der Waals surface area contributed by atoms with Crippen molar-refractivity contribution in [3.8, 4) is 0 Å². The number of amides is 2. The second kappa shape index (κ2) is 8.06. The van der Waals surface area contributed by atoms with Gasteiger partial charge in [-0.05, 0) is 38.8 Å². The molecule has 30 heavy (non-hydrogen) atoms. The fraction of sp³-hybridized carbons (Fsp3) is 0.318. The second-order valence-electron chi connectivity index (χ2n) is 7.47. The van der Waals surface area contributed by atoms with Gasteiger partial charge in [-0.25, -0.2) is 9.97 Å². The molecular weight excluding hydrogens is 380 g/mol. The van der Waals surface area contributed by atoms with Crippen LogP contribution in [0.3, 0.4) is 0 Å². The molecule has 2 amide bonds. The Kier molecular flexibility index (Phi) is 5.31. The third-order valence-corrected chi connectivity index (χ3v) is 5.55. The molecule has 1 aromatic carbocycles. The van der Waals surface area contributed by atoms with Gasteiger partial charge in [-0.15, -0.1) is 0 Å². The van der Waals surface area contributed by atoms with Crippen molar-refractivity contribution in [2.45, 2.75) is 32.7 Å². The normalized spacial score (nSPS) is 16.0. The van der Waals surface area contributed by atoms with E-state index < -0.39 is 0 Å². The van der Waals surface area contributed by atoms with Gasteiger partial charge >= 0.3 is 0 Å². The van der Waals surface area contributed by atoms with Crippen molar-refractivity contribution >= 4 is 17.5 Å². The van der Waals surface area contributed by atoms with Crippen LogP contribution in [0.4, 0.5) is 5.69 Å². The minimum absolute atomic E-state index is 0.0600. The van der Waals surface area contributed by atoms with E-state index >= 15 is 0 Å². The molecule has 0 radical (unpaired) electrons. The third kappa shape index (κ3) is 3.68. The number of para-hydroxylation sites is 1. The molecule has 1 atom stereocenters. The third-order valence-electron chi connectivity index (χ3n) is 5.55. The molecule has 8 heteroatoms. The topological polar surface area (TPSA) is 93.0 Å². The lowest BCUT2D eigenvalue weighted by atomic mass is 10.1. The van der Waals surface area contributed by atoms with E-state index in [4.69, 9.17) is 0 Å². The Balaban J connectivity index is 1.55. The summed E-state index contributed by atoms with van der Waals surface area (Å²) in [6.45, 7) is 4.32. The zero-order chi connectivity index (χ0) is 21.3. The van der Waals surface area contributed by atoms with Crippen molar-refractivity contribution in [1.29, 1.82) is 0 Å². The lowest BCUT2D eigenvalue weighted by Crippen LogP contribution is -2.32. The summed E-state index contributed by atoms with van der Waals surface area (Å²) in [5.41, 5.74) is 3.15. The lowest BCUT2D eigenvalue weighted by Gasteiger charge is -2.24. The van der Waals surface area contributed by atoms with Gasteiger partial charge in [0.1, 0.15) is 0 Å². The highest BCUT2D eigenvalue weighted by Gasteiger charge is 2.34. The Labute approximate surface area is 175 Å². The largest absolute Gasteiger partial charge is 0.328 e. The molecule has 2 aromatic heterocycles. The second-order valence-corrected chi connectivity index (χ2v) is 7.47.